The number of hydrogen-bond acceptors (Lipinski definition) is 14. The van der Waals surface area contributed by atoms with Crippen LogP contribution in [0.1, 0.15) is 54.4 Å². The van der Waals surface area contributed by atoms with Crippen LogP contribution in [-0.4, -0.2) is 120 Å². The Morgan fingerprint density at radius 3 is 1.10 bits per heavy atom. The highest BCUT2D eigenvalue weighted by Crippen LogP contribution is 2.49. The number of halogens is 14. The number of quaternary nitrogens is 3. The van der Waals surface area contributed by atoms with Crippen LogP contribution in [0.5, 0.6) is 0 Å². The Hall–Kier alpha value is -2.44. The van der Waals surface area contributed by atoms with E-state index in [1.54, 1.807) is 0 Å². The van der Waals surface area contributed by atoms with Crippen molar-refractivity contribution < 1.29 is 140 Å². The third-order valence-electron chi connectivity index (χ3n) is 7.79. The molecule has 0 aromatic carbocycles. The molecule has 0 heterocycles. The molecule has 0 aliphatic carbocycles. The van der Waals surface area contributed by atoms with Crippen molar-refractivity contribution in [3.05, 3.63) is 0 Å². The third-order valence-corrected chi connectivity index (χ3v) is 12.0. The van der Waals surface area contributed by atoms with Gasteiger partial charge in [0.2, 0.25) is 0 Å². The topological polar surface area (TPSA) is 291 Å². The summed E-state index contributed by atoms with van der Waals surface area (Å²) in [5.74, 6) is -27.5. The van der Waals surface area contributed by atoms with Crippen molar-refractivity contribution in [2.75, 3.05) is 6.61 Å². The maximum absolute atomic E-state index is 14.5. The van der Waals surface area contributed by atoms with Crippen molar-refractivity contribution in [1.82, 2.24) is 0 Å². The lowest BCUT2D eigenvalue weighted by atomic mass is 9.88. The normalized spacial score (nSPS) is 16.8. The predicted octanol–water partition coefficient (Wildman–Crippen LogP) is -0.904. The number of primary amides is 3. The number of nitrogens with two attached hydrogens (primary N) is 3. The molecule has 0 bridgehead atoms. The third kappa shape index (κ3) is 13.0. The van der Waals surface area contributed by atoms with Crippen LogP contribution in [0.3, 0.4) is 0 Å². The molecular weight excluding hydrogens is 916 g/mol. The molecule has 3 amide bonds. The molecule has 6 N–H and O–H groups in total. The highest BCUT2D eigenvalue weighted by molar-refractivity contribution is 7.87. The standard InChI is InChI=1S/C24H33F14N3O14S3/c1-16(2,56(45,46)47)39-13(42)10(8-12(15(44)41-18(5,6)58(51,52)53)55-24(37,38)20(27,28)22(32,33)34)7-11(14(43)40-17(3,4)57(48,49)50)9-54-23(35,36)19(25,26)21(29,30)31/h10-12H,7-9H2,1-6H3,(H,39,42)(H,40,43)(H,41,44)(H,45,46,47)(H,48,49,50)(H,51,52,53). The van der Waals surface area contributed by atoms with Crippen LogP contribution in [0.25, 0.3) is 0 Å². The summed E-state index contributed by atoms with van der Waals surface area (Å²) in [5.41, 5.74) is 0. The molecular formula is C24H33F14N3O14S3. The Morgan fingerprint density at radius 1 is 0.500 bits per heavy atom. The van der Waals surface area contributed by atoms with Crippen molar-refractivity contribution >= 4 is 48.1 Å². The van der Waals surface area contributed by atoms with E-state index in [2.05, 4.69) is 9.47 Å². The predicted molar refractivity (Wildman–Crippen MR) is 151 cm³/mol. The van der Waals surface area contributed by atoms with Crippen LogP contribution >= 0.6 is 0 Å². The smallest absolute Gasteiger partial charge is 0.462 e. The minimum Gasteiger partial charge on any atom is -0.743 e. The van der Waals surface area contributed by atoms with Gasteiger partial charge in [-0.05, 0) is 6.42 Å². The summed E-state index contributed by atoms with van der Waals surface area (Å²) in [6.45, 7) is -0.572. The lowest BCUT2D eigenvalue weighted by molar-refractivity contribution is -0.622. The Morgan fingerprint density at radius 2 is 0.793 bits per heavy atom. The zero-order valence-corrected chi connectivity index (χ0v) is 32.3. The molecule has 0 radical (unpaired) electrons. The van der Waals surface area contributed by atoms with Gasteiger partial charge in [-0.3, -0.25) is 20.7 Å². The highest BCUT2D eigenvalue weighted by Gasteiger charge is 2.76. The summed E-state index contributed by atoms with van der Waals surface area (Å²) in [6.07, 6.45) is -36.3. The zero-order chi connectivity index (χ0) is 47.1. The first-order valence-corrected chi connectivity index (χ1v) is 19.2. The van der Waals surface area contributed by atoms with Crippen LogP contribution < -0.4 is 16.0 Å². The fraction of sp³-hybridized carbons (Fsp3) is 0.875. The van der Waals surface area contributed by atoms with Gasteiger partial charge in [0.15, 0.2) is 51.1 Å². The van der Waals surface area contributed by atoms with E-state index in [0.717, 1.165) is 0 Å². The number of amides is 3. The first kappa shape index (κ1) is 55.6. The molecule has 0 aromatic heterocycles. The van der Waals surface area contributed by atoms with Crippen molar-refractivity contribution in [3.63, 3.8) is 0 Å². The molecule has 0 aliphatic heterocycles. The van der Waals surface area contributed by atoms with Gasteiger partial charge in [0.1, 0.15) is 0 Å². The molecule has 344 valence electrons. The molecule has 0 aliphatic rings. The van der Waals surface area contributed by atoms with Gasteiger partial charge in [-0.1, -0.05) is 0 Å². The fourth-order valence-corrected chi connectivity index (χ4v) is 4.65. The van der Waals surface area contributed by atoms with E-state index < -0.39 is 142 Å². The van der Waals surface area contributed by atoms with Crippen molar-refractivity contribution in [1.29, 1.82) is 0 Å². The molecule has 34 heteroatoms. The largest absolute Gasteiger partial charge is 0.743 e. The molecule has 0 rings (SSSR count). The Kier molecular flexibility index (Phi) is 16.4. The monoisotopic (exact) mass is 949 g/mol. The molecule has 3 unspecified atom stereocenters. The van der Waals surface area contributed by atoms with Gasteiger partial charge >= 0.3 is 54.1 Å². The van der Waals surface area contributed by atoms with Gasteiger partial charge in [-0.25, -0.2) is 39.6 Å². The number of alkyl halides is 14. The summed E-state index contributed by atoms with van der Waals surface area (Å²) < 4.78 is 301. The van der Waals surface area contributed by atoms with Gasteiger partial charge in [-0.15, -0.1) is 0 Å². The van der Waals surface area contributed by atoms with E-state index in [9.17, 15) is 115 Å². The summed E-state index contributed by atoms with van der Waals surface area (Å²) in [4.78, 5) is 30.4. The first-order chi connectivity index (χ1) is 24.9. The van der Waals surface area contributed by atoms with E-state index in [4.69, 9.17) is 0 Å². The van der Waals surface area contributed by atoms with E-state index in [-0.39, 0.29) is 24.5 Å². The highest BCUT2D eigenvalue weighted by atomic mass is 32.2. The summed E-state index contributed by atoms with van der Waals surface area (Å²) in [6, 6.07) is 0. The van der Waals surface area contributed by atoms with E-state index in [0.29, 0.717) is 27.7 Å². The van der Waals surface area contributed by atoms with Gasteiger partial charge in [-0.2, -0.15) is 61.5 Å². The maximum Gasteiger partial charge on any atom is 0.462 e. The zero-order valence-electron chi connectivity index (χ0n) is 29.8. The Balaban J connectivity index is 7.92. The molecule has 0 spiro atoms. The average Bonchev–Trinajstić information content (AvgIpc) is 2.93. The van der Waals surface area contributed by atoms with Gasteiger partial charge in [0, 0.05) is 48.0 Å². The van der Waals surface area contributed by atoms with Crippen LogP contribution in [0.15, 0.2) is 0 Å². The minimum absolute atomic E-state index is 0.274. The fourth-order valence-electron chi connectivity index (χ4n) is 3.87. The van der Waals surface area contributed by atoms with Gasteiger partial charge in [0.25, 0.3) is 0 Å². The molecule has 58 heavy (non-hydrogen) atoms. The van der Waals surface area contributed by atoms with Crippen LogP contribution in [0.4, 0.5) is 61.5 Å². The number of hydrogen-bond donors (Lipinski definition) is 3. The number of rotatable bonds is 20. The van der Waals surface area contributed by atoms with Gasteiger partial charge in [0.05, 0.1) is 18.4 Å². The van der Waals surface area contributed by atoms with Crippen LogP contribution in [0, 0.1) is 11.8 Å². The number of carbonyl (C=O) groups is 3. The summed E-state index contributed by atoms with van der Waals surface area (Å²) in [7, 11) is -17.4. The molecule has 0 saturated heterocycles. The summed E-state index contributed by atoms with van der Waals surface area (Å²) in [5, 5.41) is -1.03. The molecule has 0 aromatic rings. The molecule has 17 nitrogen and oxygen atoms in total. The lowest BCUT2D eigenvalue weighted by Crippen LogP contribution is -3.02. The number of ether oxygens (including phenoxy) is 2. The first-order valence-electron chi connectivity index (χ1n) is 14.9. The molecule has 0 fully saturated rings. The van der Waals surface area contributed by atoms with Gasteiger partial charge < -0.3 is 18.4 Å². The lowest BCUT2D eigenvalue weighted by Gasteiger charge is -2.33. The van der Waals surface area contributed by atoms with Crippen molar-refractivity contribution in [2.24, 2.45) is 11.8 Å². The second-order valence-electron chi connectivity index (χ2n) is 13.8. The van der Waals surface area contributed by atoms with E-state index >= 15 is 0 Å². The number of carbonyl (C=O) groups excluding carboxylic acids is 3. The van der Waals surface area contributed by atoms with Crippen molar-refractivity contribution in [3.8, 4) is 0 Å². The Labute approximate surface area is 318 Å². The van der Waals surface area contributed by atoms with E-state index in [1.807, 2.05) is 0 Å². The molecule has 3 atom stereocenters. The second-order valence-corrected chi connectivity index (χ2v) is 19.7. The Bertz CT molecular complexity index is 1870. The van der Waals surface area contributed by atoms with Crippen molar-refractivity contribution in [2.45, 2.75) is 112 Å². The van der Waals surface area contributed by atoms with Crippen LogP contribution in [0.2, 0.25) is 0 Å². The quantitative estimate of drug-likeness (QED) is 0.0985. The second kappa shape index (κ2) is 17.1. The SMILES string of the molecule is CC(C)([NH2+]C(=O)C(COC(F)(F)C(F)(F)C(F)(F)F)CC(CC(OC(F)(F)C(F)(F)C(F)(F)F)C(=O)[NH2+]C(C)(C)S(=O)(=O)[O-])C(=O)[NH2+]C(C)(C)S(=O)(=O)[O-])S(=O)(=O)[O-]. The van der Waals surface area contributed by atoms with Crippen LogP contribution in [-0.2, 0) is 54.2 Å². The summed E-state index contributed by atoms with van der Waals surface area (Å²) >= 11 is 0. The minimum atomic E-state index is -7.32. The maximum atomic E-state index is 14.5. The average molecular weight is 950 g/mol. The molecule has 0 saturated carbocycles. The van der Waals surface area contributed by atoms with E-state index in [1.165, 1.54) is 0 Å².